The molecule has 1 N–H and O–H groups in total. The molecule has 1 aliphatic heterocycles. The second kappa shape index (κ2) is 2.38. The van der Waals surface area contributed by atoms with Crippen LogP contribution in [0.2, 0.25) is 0 Å². The summed E-state index contributed by atoms with van der Waals surface area (Å²) in [7, 11) is 0. The van der Waals surface area contributed by atoms with E-state index in [1.54, 1.807) is 0 Å². The Labute approximate surface area is 63.9 Å². The Hall–Kier alpha value is -0.220. The number of hydrogen-bond acceptors (Lipinski definition) is 2. The van der Waals surface area contributed by atoms with Crippen molar-refractivity contribution in [3.63, 3.8) is 0 Å². The molecule has 2 fully saturated rings. The summed E-state index contributed by atoms with van der Waals surface area (Å²) in [4.78, 5) is 0. The fourth-order valence-electron chi connectivity index (χ4n) is 1.81. The highest BCUT2D eigenvalue weighted by atomic mass is 19.3. The molecule has 1 saturated heterocycles. The van der Waals surface area contributed by atoms with Crippen LogP contribution in [0.25, 0.3) is 0 Å². The Balaban J connectivity index is 2.02. The van der Waals surface area contributed by atoms with E-state index < -0.39 is 6.11 Å². The lowest BCUT2D eigenvalue weighted by Gasteiger charge is -2.32. The summed E-state index contributed by atoms with van der Waals surface area (Å²) >= 11 is 0. The molecule has 64 valence electrons. The van der Waals surface area contributed by atoms with Crippen molar-refractivity contribution < 1.29 is 13.5 Å². The number of morpholine rings is 1. The second-order valence-electron chi connectivity index (χ2n) is 3.21. The standard InChI is InChI=1S/C7H11F2NO/c8-7(9)4-10-5-2-1-3-6(5)11-7/h5-6,10H,1-4H2/t5-,6+/m0/s1. The maximum atomic E-state index is 12.6. The number of hydrogen-bond donors (Lipinski definition) is 1. The Morgan fingerprint density at radius 1 is 1.36 bits per heavy atom. The minimum atomic E-state index is -2.94. The second-order valence-corrected chi connectivity index (χ2v) is 3.21. The van der Waals surface area contributed by atoms with E-state index in [0.717, 1.165) is 19.3 Å². The Morgan fingerprint density at radius 3 is 3.00 bits per heavy atom. The summed E-state index contributed by atoms with van der Waals surface area (Å²) in [5.41, 5.74) is 0. The van der Waals surface area contributed by atoms with E-state index >= 15 is 0 Å². The summed E-state index contributed by atoms with van der Waals surface area (Å²) in [5, 5.41) is 2.80. The van der Waals surface area contributed by atoms with E-state index in [4.69, 9.17) is 0 Å². The van der Waals surface area contributed by atoms with Gasteiger partial charge in [-0.2, -0.15) is 8.78 Å². The van der Waals surface area contributed by atoms with Crippen molar-refractivity contribution in [2.45, 2.75) is 37.5 Å². The van der Waals surface area contributed by atoms with Crippen molar-refractivity contribution in [3.05, 3.63) is 0 Å². The highest BCUT2D eigenvalue weighted by Crippen LogP contribution is 2.31. The van der Waals surface area contributed by atoms with Gasteiger partial charge in [-0.3, -0.25) is 0 Å². The maximum absolute atomic E-state index is 12.6. The quantitative estimate of drug-likeness (QED) is 0.577. The first-order chi connectivity index (χ1) is 5.17. The first-order valence-electron chi connectivity index (χ1n) is 3.96. The third-order valence-corrected chi connectivity index (χ3v) is 2.35. The zero-order valence-corrected chi connectivity index (χ0v) is 6.15. The smallest absolute Gasteiger partial charge is 0.314 e. The molecule has 2 nitrogen and oxygen atoms in total. The Bertz CT molecular complexity index is 163. The zero-order chi connectivity index (χ0) is 7.90. The van der Waals surface area contributed by atoms with Crippen molar-refractivity contribution in [2.24, 2.45) is 0 Å². The predicted octanol–water partition coefficient (Wildman–Crippen LogP) is 1.12. The van der Waals surface area contributed by atoms with Crippen molar-refractivity contribution in [2.75, 3.05) is 6.54 Å². The number of fused-ring (bicyclic) bond motifs is 1. The number of ether oxygens (including phenoxy) is 1. The molecule has 0 unspecified atom stereocenters. The molecule has 2 aliphatic rings. The molecule has 0 bridgehead atoms. The van der Waals surface area contributed by atoms with Crippen LogP contribution in [0, 0.1) is 0 Å². The summed E-state index contributed by atoms with van der Waals surface area (Å²) in [6.45, 7) is -0.325. The molecule has 1 saturated carbocycles. The van der Waals surface area contributed by atoms with Crippen LogP contribution in [0.4, 0.5) is 8.78 Å². The third-order valence-electron chi connectivity index (χ3n) is 2.35. The summed E-state index contributed by atoms with van der Waals surface area (Å²) in [5.74, 6) is 0. The molecule has 2 atom stereocenters. The molecular weight excluding hydrogens is 152 g/mol. The highest BCUT2D eigenvalue weighted by molar-refractivity contribution is 4.89. The summed E-state index contributed by atoms with van der Waals surface area (Å²) in [6.07, 6.45) is -0.448. The summed E-state index contributed by atoms with van der Waals surface area (Å²) in [6, 6.07) is 0.176. The van der Waals surface area contributed by atoms with Crippen LogP contribution in [-0.4, -0.2) is 24.8 Å². The maximum Gasteiger partial charge on any atom is 0.368 e. The van der Waals surface area contributed by atoms with Crippen LogP contribution >= 0.6 is 0 Å². The van der Waals surface area contributed by atoms with Gasteiger partial charge < -0.3 is 10.1 Å². The molecule has 0 aromatic rings. The number of rotatable bonds is 0. The van der Waals surface area contributed by atoms with Crippen molar-refractivity contribution in [1.82, 2.24) is 5.32 Å². The van der Waals surface area contributed by atoms with Crippen LogP contribution in [0.15, 0.2) is 0 Å². The van der Waals surface area contributed by atoms with Gasteiger partial charge in [-0.15, -0.1) is 0 Å². The molecule has 0 amide bonds. The minimum Gasteiger partial charge on any atom is -0.314 e. The number of alkyl halides is 2. The third kappa shape index (κ3) is 1.37. The van der Waals surface area contributed by atoms with Gasteiger partial charge in [0.2, 0.25) is 0 Å². The highest BCUT2D eigenvalue weighted by Gasteiger charge is 2.43. The predicted molar refractivity (Wildman–Crippen MR) is 35.5 cm³/mol. The molecular formula is C7H11F2NO. The Morgan fingerprint density at radius 2 is 2.18 bits per heavy atom. The van der Waals surface area contributed by atoms with Gasteiger partial charge in [0, 0.05) is 6.04 Å². The van der Waals surface area contributed by atoms with Crippen LogP contribution in [-0.2, 0) is 4.74 Å². The van der Waals surface area contributed by atoms with Gasteiger partial charge in [0.05, 0.1) is 12.6 Å². The fraction of sp³-hybridized carbons (Fsp3) is 1.00. The fourth-order valence-corrected chi connectivity index (χ4v) is 1.81. The molecule has 11 heavy (non-hydrogen) atoms. The zero-order valence-electron chi connectivity index (χ0n) is 6.15. The lowest BCUT2D eigenvalue weighted by Crippen LogP contribution is -2.53. The van der Waals surface area contributed by atoms with E-state index in [1.165, 1.54) is 0 Å². The first kappa shape index (κ1) is 7.43. The number of halogens is 2. The van der Waals surface area contributed by atoms with Crippen LogP contribution in [0.3, 0.4) is 0 Å². The van der Waals surface area contributed by atoms with Gasteiger partial charge in [0.1, 0.15) is 0 Å². The topological polar surface area (TPSA) is 21.3 Å². The Kier molecular flexibility index (Phi) is 1.61. The largest absolute Gasteiger partial charge is 0.368 e. The average Bonchev–Trinajstić information content (AvgIpc) is 2.31. The van der Waals surface area contributed by atoms with E-state index in [0.29, 0.717) is 0 Å². The van der Waals surface area contributed by atoms with Gasteiger partial charge in [-0.25, -0.2) is 0 Å². The molecule has 0 aromatic carbocycles. The lowest BCUT2D eigenvalue weighted by molar-refractivity contribution is -0.278. The molecule has 2 rings (SSSR count). The van der Waals surface area contributed by atoms with Crippen molar-refractivity contribution in [1.29, 1.82) is 0 Å². The normalized spacial score (nSPS) is 42.0. The van der Waals surface area contributed by atoms with Gasteiger partial charge in [-0.1, -0.05) is 0 Å². The van der Waals surface area contributed by atoms with Gasteiger partial charge in [0.15, 0.2) is 0 Å². The van der Waals surface area contributed by atoms with E-state index in [1.807, 2.05) is 0 Å². The van der Waals surface area contributed by atoms with E-state index in [9.17, 15) is 8.78 Å². The molecule has 1 heterocycles. The van der Waals surface area contributed by atoms with Gasteiger partial charge >= 0.3 is 6.11 Å². The van der Waals surface area contributed by atoms with Crippen LogP contribution in [0.5, 0.6) is 0 Å². The lowest BCUT2D eigenvalue weighted by atomic mass is 10.2. The minimum absolute atomic E-state index is 0.176. The molecule has 0 aromatic heterocycles. The first-order valence-corrected chi connectivity index (χ1v) is 3.96. The molecule has 1 aliphatic carbocycles. The van der Waals surface area contributed by atoms with E-state index in [-0.39, 0.29) is 18.7 Å². The monoisotopic (exact) mass is 163 g/mol. The molecule has 4 heteroatoms. The average molecular weight is 163 g/mol. The van der Waals surface area contributed by atoms with Crippen molar-refractivity contribution in [3.8, 4) is 0 Å². The van der Waals surface area contributed by atoms with Gasteiger partial charge in [-0.05, 0) is 19.3 Å². The summed E-state index contributed by atoms with van der Waals surface area (Å²) < 4.78 is 29.7. The van der Waals surface area contributed by atoms with Gasteiger partial charge in [0.25, 0.3) is 0 Å². The van der Waals surface area contributed by atoms with Crippen LogP contribution in [0.1, 0.15) is 19.3 Å². The molecule has 0 radical (unpaired) electrons. The van der Waals surface area contributed by atoms with Crippen molar-refractivity contribution >= 4 is 0 Å². The number of nitrogens with one attached hydrogen (secondary N) is 1. The van der Waals surface area contributed by atoms with Crippen LogP contribution < -0.4 is 5.32 Å². The van der Waals surface area contributed by atoms with E-state index in [2.05, 4.69) is 10.1 Å². The SMILES string of the molecule is FC1(F)CN[C@H]2CCC[C@H]2O1. The molecule has 0 spiro atoms.